The third-order valence-corrected chi connectivity index (χ3v) is 5.44. The number of para-hydroxylation sites is 1. The minimum atomic E-state index is 0.0833. The summed E-state index contributed by atoms with van der Waals surface area (Å²) in [6.07, 6.45) is 0.987. The molecule has 0 spiro atoms. The van der Waals surface area contributed by atoms with E-state index in [1.54, 1.807) is 0 Å². The molecule has 3 aromatic rings. The van der Waals surface area contributed by atoms with E-state index in [9.17, 15) is 4.79 Å². The predicted molar refractivity (Wildman–Crippen MR) is 98.1 cm³/mol. The molecule has 2 unspecified atom stereocenters. The molecule has 24 heavy (non-hydrogen) atoms. The maximum Gasteiger partial charge on any atom is 0.312 e. The molecule has 1 aliphatic rings. The fourth-order valence-corrected chi connectivity index (χ4v) is 3.83. The molecule has 4 nitrogen and oxygen atoms in total. The average Bonchev–Trinajstić information content (AvgIpc) is 2.63. The lowest BCUT2D eigenvalue weighted by Gasteiger charge is -2.42. The quantitative estimate of drug-likeness (QED) is 0.677. The van der Waals surface area contributed by atoms with Crippen LogP contribution in [-0.2, 0) is 6.54 Å². The molecule has 0 saturated carbocycles. The van der Waals surface area contributed by atoms with Gasteiger partial charge >= 0.3 is 5.95 Å². The lowest BCUT2D eigenvalue weighted by atomic mass is 10.0. The molecular formula is C20H22N3O+. The predicted octanol–water partition coefficient (Wildman–Crippen LogP) is 3.50. The lowest BCUT2D eigenvalue weighted by Crippen LogP contribution is -2.54. The summed E-state index contributed by atoms with van der Waals surface area (Å²) in [5.41, 5.74) is 2.15. The first-order chi connectivity index (χ1) is 11.6. The van der Waals surface area contributed by atoms with Crippen LogP contribution in [0.5, 0.6) is 0 Å². The average molecular weight is 320 g/mol. The van der Waals surface area contributed by atoms with Crippen molar-refractivity contribution in [3.63, 3.8) is 0 Å². The summed E-state index contributed by atoms with van der Waals surface area (Å²) in [6, 6.07) is 18.4. The van der Waals surface area contributed by atoms with Gasteiger partial charge in [-0.3, -0.25) is 9.28 Å². The lowest BCUT2D eigenvalue weighted by molar-refractivity contribution is 0.205. The summed E-state index contributed by atoms with van der Waals surface area (Å²) in [5, 5.41) is 0.710. The molecule has 0 amide bonds. The molecule has 0 fully saturated rings. The highest BCUT2D eigenvalue weighted by atomic mass is 16.1. The molecule has 122 valence electrons. The molecule has 2 heterocycles. The number of quaternary nitrogens is 1. The van der Waals surface area contributed by atoms with Crippen molar-refractivity contribution in [1.29, 1.82) is 0 Å². The highest BCUT2D eigenvalue weighted by molar-refractivity contribution is 5.78. The Bertz CT molecular complexity index is 948. The summed E-state index contributed by atoms with van der Waals surface area (Å²) in [6.45, 7) is 3.97. The number of hydrogen-bond donors (Lipinski definition) is 0. The zero-order valence-electron chi connectivity index (χ0n) is 14.1. The molecular weight excluding hydrogens is 298 g/mol. The maximum atomic E-state index is 12.9. The number of fused-ring (bicyclic) bond motifs is 2. The Labute approximate surface area is 141 Å². The second kappa shape index (κ2) is 5.56. The van der Waals surface area contributed by atoms with Gasteiger partial charge in [0.2, 0.25) is 0 Å². The van der Waals surface area contributed by atoms with Crippen LogP contribution in [0, 0.1) is 0 Å². The number of nitrogens with zero attached hydrogens (tertiary/aromatic N) is 3. The van der Waals surface area contributed by atoms with Crippen molar-refractivity contribution in [3.05, 3.63) is 70.5 Å². The van der Waals surface area contributed by atoms with E-state index < -0.39 is 0 Å². The molecule has 1 aromatic heterocycles. The Morgan fingerprint density at radius 1 is 1.08 bits per heavy atom. The van der Waals surface area contributed by atoms with E-state index >= 15 is 0 Å². The van der Waals surface area contributed by atoms with E-state index in [2.05, 4.69) is 38.2 Å². The first-order valence-corrected chi connectivity index (χ1v) is 8.51. The third kappa shape index (κ3) is 2.18. The maximum absolute atomic E-state index is 12.9. The molecule has 4 heteroatoms. The van der Waals surface area contributed by atoms with Gasteiger partial charge in [-0.15, -0.1) is 0 Å². The highest BCUT2D eigenvalue weighted by Crippen LogP contribution is 2.35. The van der Waals surface area contributed by atoms with E-state index in [0.717, 1.165) is 31.0 Å². The van der Waals surface area contributed by atoms with Gasteiger partial charge in [0.25, 0.3) is 5.56 Å². The second-order valence-corrected chi connectivity index (χ2v) is 6.82. The summed E-state index contributed by atoms with van der Waals surface area (Å²) >= 11 is 0. The minimum Gasteiger partial charge on any atom is -0.268 e. The van der Waals surface area contributed by atoms with Gasteiger partial charge in [-0.2, -0.15) is 4.98 Å². The third-order valence-electron chi connectivity index (χ3n) is 5.44. The number of hydrogen-bond acceptors (Lipinski definition) is 2. The van der Waals surface area contributed by atoms with Gasteiger partial charge in [-0.05, 0) is 19.1 Å². The fraction of sp³-hybridized carbons (Fsp3) is 0.300. The monoisotopic (exact) mass is 320 g/mol. The molecule has 0 bridgehead atoms. The number of benzene rings is 2. The van der Waals surface area contributed by atoms with E-state index in [1.807, 2.05) is 34.9 Å². The first kappa shape index (κ1) is 15.1. The summed E-state index contributed by atoms with van der Waals surface area (Å²) in [7, 11) is 2.20. The van der Waals surface area contributed by atoms with Crippen molar-refractivity contribution in [2.75, 3.05) is 13.6 Å². The molecule has 0 N–H and O–H groups in total. The Morgan fingerprint density at radius 2 is 1.79 bits per heavy atom. The van der Waals surface area contributed by atoms with Crippen LogP contribution >= 0.6 is 0 Å². The zero-order valence-corrected chi connectivity index (χ0v) is 14.1. The Morgan fingerprint density at radius 3 is 2.58 bits per heavy atom. The minimum absolute atomic E-state index is 0.0833. The number of rotatable bonds is 2. The van der Waals surface area contributed by atoms with Crippen LogP contribution in [0.1, 0.15) is 24.9 Å². The van der Waals surface area contributed by atoms with Gasteiger partial charge in [-0.1, -0.05) is 42.5 Å². The Hall–Kier alpha value is -2.46. The van der Waals surface area contributed by atoms with E-state index in [4.69, 9.17) is 4.98 Å². The van der Waals surface area contributed by atoms with E-state index in [-0.39, 0.29) is 11.6 Å². The van der Waals surface area contributed by atoms with Crippen molar-refractivity contribution in [3.8, 4) is 0 Å². The topological polar surface area (TPSA) is 34.9 Å². The molecule has 0 saturated heterocycles. The van der Waals surface area contributed by atoms with Crippen molar-refractivity contribution in [2.45, 2.75) is 25.9 Å². The van der Waals surface area contributed by atoms with Crippen molar-refractivity contribution >= 4 is 16.9 Å². The molecule has 2 aromatic carbocycles. The molecule has 4 rings (SSSR count). The molecule has 0 radical (unpaired) electrons. The SMILES string of the molecule is CC(c1ccccc1)[N+]1(C)CCCn2c1nc1ccccc1c2=O. The first-order valence-electron chi connectivity index (χ1n) is 8.51. The molecule has 1 aliphatic heterocycles. The van der Waals surface area contributed by atoms with Gasteiger partial charge in [0.05, 0.1) is 24.5 Å². The number of aromatic nitrogens is 2. The van der Waals surface area contributed by atoms with Crippen molar-refractivity contribution < 1.29 is 0 Å². The Kier molecular flexibility index (Phi) is 3.50. The van der Waals surface area contributed by atoms with Gasteiger partial charge in [0.15, 0.2) is 0 Å². The van der Waals surface area contributed by atoms with Crippen molar-refractivity contribution in [1.82, 2.24) is 14.0 Å². The van der Waals surface area contributed by atoms with Crippen LogP contribution in [0.3, 0.4) is 0 Å². The largest absolute Gasteiger partial charge is 0.312 e. The Balaban J connectivity index is 1.94. The van der Waals surface area contributed by atoms with Gasteiger partial charge in [-0.25, -0.2) is 4.57 Å². The second-order valence-electron chi connectivity index (χ2n) is 6.82. The zero-order chi connectivity index (χ0) is 16.7. The fourth-order valence-electron chi connectivity index (χ4n) is 3.83. The van der Waals surface area contributed by atoms with Crippen LogP contribution < -0.4 is 10.0 Å². The van der Waals surface area contributed by atoms with Crippen LogP contribution in [-0.4, -0.2) is 23.1 Å². The van der Waals surface area contributed by atoms with Crippen molar-refractivity contribution in [2.24, 2.45) is 0 Å². The smallest absolute Gasteiger partial charge is 0.268 e. The van der Waals surface area contributed by atoms with E-state index in [0.29, 0.717) is 9.87 Å². The summed E-state index contributed by atoms with van der Waals surface area (Å²) in [4.78, 5) is 17.8. The summed E-state index contributed by atoms with van der Waals surface area (Å²) in [5.74, 6) is 0.876. The van der Waals surface area contributed by atoms with Crippen LogP contribution in [0.4, 0.5) is 5.95 Å². The van der Waals surface area contributed by atoms with Gasteiger partial charge in [0, 0.05) is 18.5 Å². The normalized spacial score (nSPS) is 21.4. The highest BCUT2D eigenvalue weighted by Gasteiger charge is 2.40. The summed E-state index contributed by atoms with van der Waals surface area (Å²) < 4.78 is 2.54. The van der Waals surface area contributed by atoms with Crippen LogP contribution in [0.15, 0.2) is 59.4 Å². The molecule has 2 atom stereocenters. The van der Waals surface area contributed by atoms with Gasteiger partial charge < -0.3 is 0 Å². The van der Waals surface area contributed by atoms with E-state index in [1.165, 1.54) is 5.56 Å². The molecule has 0 aliphatic carbocycles. The van der Waals surface area contributed by atoms with Gasteiger partial charge in [0.1, 0.15) is 6.04 Å². The van der Waals surface area contributed by atoms with Crippen LogP contribution in [0.25, 0.3) is 10.9 Å². The van der Waals surface area contributed by atoms with Crippen LogP contribution in [0.2, 0.25) is 0 Å². The standard InChI is InChI=1S/C20H22N3O/c1-15(16-9-4-3-5-10-16)23(2)14-8-13-22-19(24)17-11-6-7-12-18(17)21-20(22)23/h3-7,9-12,15H,8,13-14H2,1-2H3/q+1.